The Kier molecular flexibility index (Phi) is 2.47. The predicted octanol–water partition coefficient (Wildman–Crippen LogP) is 0.996. The molecule has 0 amide bonds. The van der Waals surface area contributed by atoms with Gasteiger partial charge in [-0.2, -0.15) is 4.52 Å². The SMILES string of the molecule is C=CCNc1c2c(nc3nnnn13)CCCC2. The van der Waals surface area contributed by atoms with Crippen molar-refractivity contribution in [3.05, 3.63) is 23.9 Å². The second-order valence-corrected chi connectivity index (χ2v) is 4.15. The smallest absolute Gasteiger partial charge is 0.275 e. The fourth-order valence-corrected chi connectivity index (χ4v) is 2.26. The van der Waals surface area contributed by atoms with Gasteiger partial charge in [0, 0.05) is 12.1 Å². The molecule has 0 atom stereocenters. The number of nitrogens with zero attached hydrogens (tertiary/aromatic N) is 5. The lowest BCUT2D eigenvalue weighted by Gasteiger charge is -2.18. The van der Waals surface area contributed by atoms with E-state index in [-0.39, 0.29) is 0 Å². The van der Waals surface area contributed by atoms with Crippen LogP contribution in [0.25, 0.3) is 5.78 Å². The third kappa shape index (κ3) is 1.65. The summed E-state index contributed by atoms with van der Waals surface area (Å²) in [6.07, 6.45) is 6.27. The number of fused-ring (bicyclic) bond motifs is 2. The molecule has 17 heavy (non-hydrogen) atoms. The van der Waals surface area contributed by atoms with E-state index in [0.29, 0.717) is 12.3 Å². The van der Waals surface area contributed by atoms with E-state index in [1.165, 1.54) is 18.4 Å². The summed E-state index contributed by atoms with van der Waals surface area (Å²) < 4.78 is 1.67. The van der Waals surface area contributed by atoms with Crippen LogP contribution in [-0.4, -0.2) is 31.6 Å². The van der Waals surface area contributed by atoms with Crippen molar-refractivity contribution in [2.75, 3.05) is 11.9 Å². The van der Waals surface area contributed by atoms with Crippen LogP contribution < -0.4 is 5.32 Å². The van der Waals surface area contributed by atoms with E-state index in [9.17, 15) is 0 Å². The Balaban J connectivity index is 2.18. The van der Waals surface area contributed by atoms with Crippen LogP contribution in [-0.2, 0) is 12.8 Å². The van der Waals surface area contributed by atoms with Gasteiger partial charge in [-0.25, -0.2) is 4.98 Å². The van der Waals surface area contributed by atoms with Crippen LogP contribution in [0.2, 0.25) is 0 Å². The first kappa shape index (κ1) is 10.2. The zero-order valence-corrected chi connectivity index (χ0v) is 9.56. The zero-order chi connectivity index (χ0) is 11.7. The van der Waals surface area contributed by atoms with Crippen LogP contribution in [0.5, 0.6) is 0 Å². The van der Waals surface area contributed by atoms with E-state index in [1.807, 2.05) is 6.08 Å². The van der Waals surface area contributed by atoms with Crippen LogP contribution in [0.15, 0.2) is 12.7 Å². The molecule has 1 N–H and O–H groups in total. The Bertz CT molecular complexity index is 558. The first-order chi connectivity index (χ1) is 8.40. The summed E-state index contributed by atoms with van der Waals surface area (Å²) in [6, 6.07) is 0. The first-order valence-corrected chi connectivity index (χ1v) is 5.85. The van der Waals surface area contributed by atoms with Gasteiger partial charge in [0.2, 0.25) is 0 Å². The maximum atomic E-state index is 4.51. The van der Waals surface area contributed by atoms with E-state index in [2.05, 4.69) is 32.4 Å². The number of anilines is 1. The van der Waals surface area contributed by atoms with Gasteiger partial charge >= 0.3 is 0 Å². The van der Waals surface area contributed by atoms with Gasteiger partial charge in [0.05, 0.1) is 5.69 Å². The molecule has 0 saturated carbocycles. The van der Waals surface area contributed by atoms with Crippen LogP contribution in [0.3, 0.4) is 0 Å². The van der Waals surface area contributed by atoms with Gasteiger partial charge in [0.15, 0.2) is 0 Å². The molecule has 0 radical (unpaired) electrons. The maximum Gasteiger partial charge on any atom is 0.275 e. The molecule has 6 heteroatoms. The van der Waals surface area contributed by atoms with Gasteiger partial charge in [-0.05, 0) is 36.1 Å². The average molecular weight is 230 g/mol. The lowest BCUT2D eigenvalue weighted by molar-refractivity contribution is 0.660. The molecule has 0 saturated heterocycles. The molecular formula is C11H14N6. The monoisotopic (exact) mass is 230 g/mol. The van der Waals surface area contributed by atoms with Crippen molar-refractivity contribution in [1.29, 1.82) is 0 Å². The number of aryl methyl sites for hydroxylation is 1. The maximum absolute atomic E-state index is 4.51. The Labute approximate surface area is 98.7 Å². The van der Waals surface area contributed by atoms with Gasteiger partial charge in [-0.15, -0.1) is 6.58 Å². The number of nitrogens with one attached hydrogen (secondary N) is 1. The van der Waals surface area contributed by atoms with Crippen molar-refractivity contribution in [3.63, 3.8) is 0 Å². The molecular weight excluding hydrogens is 216 g/mol. The molecule has 88 valence electrons. The molecule has 0 fully saturated rings. The lowest BCUT2D eigenvalue weighted by atomic mass is 9.96. The summed E-state index contributed by atoms with van der Waals surface area (Å²) >= 11 is 0. The van der Waals surface area contributed by atoms with Gasteiger partial charge in [-0.1, -0.05) is 11.2 Å². The molecule has 1 aliphatic rings. The van der Waals surface area contributed by atoms with Crippen LogP contribution >= 0.6 is 0 Å². The standard InChI is InChI=1S/C11H14N6/c1-2-7-12-10-8-5-3-4-6-9(8)13-11-14-15-16-17(10)11/h2,12H,1,3-7H2. The Morgan fingerprint density at radius 1 is 1.35 bits per heavy atom. The van der Waals surface area contributed by atoms with E-state index in [4.69, 9.17) is 0 Å². The molecule has 0 aliphatic heterocycles. The van der Waals surface area contributed by atoms with E-state index in [1.54, 1.807) is 4.52 Å². The summed E-state index contributed by atoms with van der Waals surface area (Å²) in [5.74, 6) is 1.53. The summed E-state index contributed by atoms with van der Waals surface area (Å²) in [6.45, 7) is 4.42. The highest BCUT2D eigenvalue weighted by molar-refractivity contribution is 5.53. The molecule has 1 aliphatic carbocycles. The van der Waals surface area contributed by atoms with E-state index < -0.39 is 0 Å². The summed E-state index contributed by atoms with van der Waals surface area (Å²) in [5.41, 5.74) is 2.38. The van der Waals surface area contributed by atoms with Gasteiger partial charge in [0.25, 0.3) is 5.78 Å². The highest BCUT2D eigenvalue weighted by atomic mass is 15.5. The first-order valence-electron chi connectivity index (χ1n) is 5.85. The minimum absolute atomic E-state index is 0.567. The molecule has 0 spiro atoms. The molecule has 0 aromatic carbocycles. The number of aromatic nitrogens is 5. The van der Waals surface area contributed by atoms with E-state index >= 15 is 0 Å². The number of hydrogen-bond donors (Lipinski definition) is 1. The zero-order valence-electron chi connectivity index (χ0n) is 9.56. The fraction of sp³-hybridized carbons (Fsp3) is 0.455. The predicted molar refractivity (Wildman–Crippen MR) is 63.9 cm³/mol. The normalized spacial score (nSPS) is 14.6. The largest absolute Gasteiger partial charge is 0.366 e. The molecule has 0 unspecified atom stereocenters. The third-order valence-corrected chi connectivity index (χ3v) is 3.04. The molecule has 0 bridgehead atoms. The summed E-state index contributed by atoms with van der Waals surface area (Å²) in [7, 11) is 0. The molecule has 2 aromatic rings. The summed E-state index contributed by atoms with van der Waals surface area (Å²) in [4.78, 5) is 4.51. The van der Waals surface area contributed by atoms with Crippen LogP contribution in [0.4, 0.5) is 5.82 Å². The Hall–Kier alpha value is -1.98. The summed E-state index contributed by atoms with van der Waals surface area (Å²) in [5, 5.41) is 14.9. The second-order valence-electron chi connectivity index (χ2n) is 4.15. The number of tetrazole rings is 1. The quantitative estimate of drug-likeness (QED) is 0.796. The minimum Gasteiger partial charge on any atom is -0.366 e. The molecule has 2 heterocycles. The second kappa shape index (κ2) is 4.12. The van der Waals surface area contributed by atoms with Crippen molar-refractivity contribution in [2.45, 2.75) is 25.7 Å². The van der Waals surface area contributed by atoms with Crippen molar-refractivity contribution in [2.24, 2.45) is 0 Å². The highest BCUT2D eigenvalue weighted by Crippen LogP contribution is 2.26. The van der Waals surface area contributed by atoms with Gasteiger partial charge in [-0.3, -0.25) is 0 Å². The average Bonchev–Trinajstić information content (AvgIpc) is 2.82. The van der Waals surface area contributed by atoms with Crippen molar-refractivity contribution >= 4 is 11.6 Å². The molecule has 3 rings (SSSR count). The molecule has 2 aromatic heterocycles. The Morgan fingerprint density at radius 3 is 3.12 bits per heavy atom. The topological polar surface area (TPSA) is 68.0 Å². The van der Waals surface area contributed by atoms with E-state index in [0.717, 1.165) is 24.4 Å². The fourth-order valence-electron chi connectivity index (χ4n) is 2.26. The van der Waals surface area contributed by atoms with Crippen molar-refractivity contribution in [1.82, 2.24) is 25.0 Å². The third-order valence-electron chi connectivity index (χ3n) is 3.04. The van der Waals surface area contributed by atoms with Gasteiger partial charge in [0.1, 0.15) is 5.82 Å². The van der Waals surface area contributed by atoms with Gasteiger partial charge < -0.3 is 5.32 Å². The minimum atomic E-state index is 0.567. The van der Waals surface area contributed by atoms with Crippen LogP contribution in [0.1, 0.15) is 24.1 Å². The van der Waals surface area contributed by atoms with Crippen molar-refractivity contribution < 1.29 is 0 Å². The lowest BCUT2D eigenvalue weighted by Crippen LogP contribution is -2.15. The Morgan fingerprint density at radius 2 is 2.24 bits per heavy atom. The highest BCUT2D eigenvalue weighted by Gasteiger charge is 2.19. The van der Waals surface area contributed by atoms with Crippen molar-refractivity contribution in [3.8, 4) is 0 Å². The number of rotatable bonds is 3. The van der Waals surface area contributed by atoms with Crippen LogP contribution in [0, 0.1) is 0 Å². The number of hydrogen-bond acceptors (Lipinski definition) is 5. The molecule has 6 nitrogen and oxygen atoms in total.